The number of nitrogens with zero attached hydrogens (tertiary/aromatic N) is 1. The summed E-state index contributed by atoms with van der Waals surface area (Å²) < 4.78 is 10.8. The van der Waals surface area contributed by atoms with Crippen LogP contribution >= 0.6 is 0 Å². The molecule has 1 saturated carbocycles. The van der Waals surface area contributed by atoms with Crippen molar-refractivity contribution in [3.63, 3.8) is 0 Å². The molecular formula is C20H24N2O3. The minimum atomic E-state index is -0.319. The van der Waals surface area contributed by atoms with Gasteiger partial charge in [-0.15, -0.1) is 0 Å². The summed E-state index contributed by atoms with van der Waals surface area (Å²) in [7, 11) is 1.55. The van der Waals surface area contributed by atoms with E-state index in [0.717, 1.165) is 25.7 Å². The third-order valence-electron chi connectivity index (χ3n) is 4.16. The second-order valence-electron chi connectivity index (χ2n) is 5.99. The fraction of sp³-hybridized carbons (Fsp3) is 0.400. The summed E-state index contributed by atoms with van der Waals surface area (Å²) in [5.74, 6) is 0.811. The summed E-state index contributed by atoms with van der Waals surface area (Å²) in [5.41, 5.74) is 0.797. The van der Waals surface area contributed by atoms with Crippen molar-refractivity contribution in [1.82, 2.24) is 5.32 Å². The molecule has 25 heavy (non-hydrogen) atoms. The second kappa shape index (κ2) is 9.53. The van der Waals surface area contributed by atoms with Gasteiger partial charge in [-0.05, 0) is 36.6 Å². The van der Waals surface area contributed by atoms with E-state index in [1.54, 1.807) is 37.5 Å². The molecule has 1 aromatic carbocycles. The van der Waals surface area contributed by atoms with E-state index in [4.69, 9.17) is 9.47 Å². The van der Waals surface area contributed by atoms with Crippen LogP contribution in [0.4, 0.5) is 0 Å². The standard InChI is InChI=1S/C20H24N2O3/c1-3-11-25-18-10-9-15(13-19(18)24-2)12-16(14-21)20(23)22-17-7-5-4-6-8-17/h3,9-10,12-13,17H,1,4-8,11H2,2H3,(H,22,23)/b16-12+. The van der Waals surface area contributed by atoms with Crippen molar-refractivity contribution < 1.29 is 14.3 Å². The van der Waals surface area contributed by atoms with E-state index in [0.29, 0.717) is 23.7 Å². The summed E-state index contributed by atoms with van der Waals surface area (Å²) in [6.07, 6.45) is 8.64. The van der Waals surface area contributed by atoms with Crippen molar-refractivity contribution in [2.75, 3.05) is 13.7 Å². The van der Waals surface area contributed by atoms with E-state index in [9.17, 15) is 10.1 Å². The molecule has 1 N–H and O–H groups in total. The molecule has 0 unspecified atom stereocenters. The first-order valence-electron chi connectivity index (χ1n) is 8.52. The van der Waals surface area contributed by atoms with Gasteiger partial charge in [0.25, 0.3) is 5.91 Å². The summed E-state index contributed by atoms with van der Waals surface area (Å²) in [6, 6.07) is 7.43. The van der Waals surface area contributed by atoms with Gasteiger partial charge in [0.2, 0.25) is 0 Å². The maximum Gasteiger partial charge on any atom is 0.262 e. The molecule has 1 fully saturated rings. The highest BCUT2D eigenvalue weighted by atomic mass is 16.5. The van der Waals surface area contributed by atoms with Gasteiger partial charge < -0.3 is 14.8 Å². The van der Waals surface area contributed by atoms with Crippen LogP contribution < -0.4 is 14.8 Å². The van der Waals surface area contributed by atoms with Gasteiger partial charge in [0.15, 0.2) is 11.5 Å². The highest BCUT2D eigenvalue weighted by Gasteiger charge is 2.18. The minimum absolute atomic E-state index is 0.0902. The highest BCUT2D eigenvalue weighted by Crippen LogP contribution is 2.29. The predicted octanol–water partition coefficient (Wildman–Crippen LogP) is 3.62. The SMILES string of the molecule is C=CCOc1ccc(/C=C(\C#N)C(=O)NC2CCCCC2)cc1OC. The lowest BCUT2D eigenvalue weighted by Gasteiger charge is -2.22. The number of ether oxygens (including phenoxy) is 2. The molecule has 1 aliphatic rings. The van der Waals surface area contributed by atoms with E-state index >= 15 is 0 Å². The number of rotatable bonds is 7. The van der Waals surface area contributed by atoms with E-state index in [1.165, 1.54) is 6.42 Å². The molecule has 2 rings (SSSR count). The zero-order valence-electron chi connectivity index (χ0n) is 14.6. The van der Waals surface area contributed by atoms with Crippen LogP contribution in [-0.4, -0.2) is 25.7 Å². The highest BCUT2D eigenvalue weighted by molar-refractivity contribution is 6.01. The molecule has 5 heteroatoms. The zero-order chi connectivity index (χ0) is 18.1. The lowest BCUT2D eigenvalue weighted by molar-refractivity contribution is -0.117. The third-order valence-corrected chi connectivity index (χ3v) is 4.16. The number of nitrogens with one attached hydrogen (secondary N) is 1. The topological polar surface area (TPSA) is 71.3 Å². The Labute approximate surface area is 148 Å². The Morgan fingerprint density at radius 2 is 2.12 bits per heavy atom. The second-order valence-corrected chi connectivity index (χ2v) is 5.99. The molecule has 0 aliphatic heterocycles. The molecule has 132 valence electrons. The van der Waals surface area contributed by atoms with Crippen LogP contribution in [0.2, 0.25) is 0 Å². The Morgan fingerprint density at radius 3 is 2.76 bits per heavy atom. The van der Waals surface area contributed by atoms with Crippen molar-refractivity contribution in [1.29, 1.82) is 5.26 Å². The Morgan fingerprint density at radius 1 is 1.36 bits per heavy atom. The van der Waals surface area contributed by atoms with Gasteiger partial charge in [-0.2, -0.15) is 5.26 Å². The number of methoxy groups -OCH3 is 1. The van der Waals surface area contributed by atoms with Crippen LogP contribution in [0.15, 0.2) is 36.4 Å². The lowest BCUT2D eigenvalue weighted by atomic mass is 9.95. The fourth-order valence-electron chi connectivity index (χ4n) is 2.87. The summed E-state index contributed by atoms with van der Waals surface area (Å²) in [4.78, 5) is 12.3. The first-order chi connectivity index (χ1) is 12.2. The van der Waals surface area contributed by atoms with Gasteiger partial charge in [-0.1, -0.05) is 38.0 Å². The molecule has 5 nitrogen and oxygen atoms in total. The Bertz CT molecular complexity index is 683. The third kappa shape index (κ3) is 5.39. The molecule has 0 atom stereocenters. The van der Waals surface area contributed by atoms with Crippen molar-refractivity contribution >= 4 is 12.0 Å². The molecule has 0 spiro atoms. The van der Waals surface area contributed by atoms with Gasteiger partial charge in [0.1, 0.15) is 18.2 Å². The van der Waals surface area contributed by atoms with Crippen molar-refractivity contribution in [2.45, 2.75) is 38.1 Å². The number of hydrogen-bond acceptors (Lipinski definition) is 4. The van der Waals surface area contributed by atoms with E-state index in [2.05, 4.69) is 11.9 Å². The molecule has 1 aromatic rings. The molecule has 0 radical (unpaired) electrons. The van der Waals surface area contributed by atoms with E-state index < -0.39 is 0 Å². The minimum Gasteiger partial charge on any atom is -0.493 e. The molecular weight excluding hydrogens is 316 g/mol. The van der Waals surface area contributed by atoms with Crippen LogP contribution in [0.1, 0.15) is 37.7 Å². The monoisotopic (exact) mass is 340 g/mol. The Balaban J connectivity index is 2.13. The molecule has 0 bridgehead atoms. The number of nitriles is 1. The van der Waals surface area contributed by atoms with Crippen LogP contribution in [-0.2, 0) is 4.79 Å². The van der Waals surface area contributed by atoms with Crippen LogP contribution in [0, 0.1) is 11.3 Å². The number of benzene rings is 1. The average molecular weight is 340 g/mol. The fourth-order valence-corrected chi connectivity index (χ4v) is 2.87. The van der Waals surface area contributed by atoms with Gasteiger partial charge >= 0.3 is 0 Å². The number of carbonyl (C=O) groups excluding carboxylic acids is 1. The first-order valence-corrected chi connectivity index (χ1v) is 8.52. The molecule has 1 aliphatic carbocycles. The lowest BCUT2D eigenvalue weighted by Crippen LogP contribution is -2.36. The molecule has 1 amide bonds. The van der Waals surface area contributed by atoms with Crippen molar-refractivity contribution in [3.8, 4) is 17.6 Å². The van der Waals surface area contributed by atoms with Crippen LogP contribution in [0.25, 0.3) is 6.08 Å². The predicted molar refractivity (Wildman–Crippen MR) is 97.3 cm³/mol. The summed E-state index contributed by atoms with van der Waals surface area (Å²) >= 11 is 0. The van der Waals surface area contributed by atoms with E-state index in [1.807, 2.05) is 6.07 Å². The van der Waals surface area contributed by atoms with Crippen molar-refractivity contribution in [2.24, 2.45) is 0 Å². The summed E-state index contributed by atoms with van der Waals surface area (Å²) in [6.45, 7) is 3.98. The van der Waals surface area contributed by atoms with E-state index in [-0.39, 0.29) is 17.5 Å². The molecule has 0 aromatic heterocycles. The first kappa shape index (κ1) is 18.6. The Kier molecular flexibility index (Phi) is 7.09. The molecule has 0 heterocycles. The number of hydrogen-bond donors (Lipinski definition) is 1. The maximum absolute atomic E-state index is 12.3. The van der Waals surface area contributed by atoms with Crippen molar-refractivity contribution in [3.05, 3.63) is 42.0 Å². The number of carbonyl (C=O) groups is 1. The van der Waals surface area contributed by atoms with Crippen LogP contribution in [0.3, 0.4) is 0 Å². The zero-order valence-corrected chi connectivity index (χ0v) is 14.6. The van der Waals surface area contributed by atoms with Gasteiger partial charge in [0, 0.05) is 6.04 Å². The smallest absolute Gasteiger partial charge is 0.262 e. The van der Waals surface area contributed by atoms with Gasteiger partial charge in [0.05, 0.1) is 7.11 Å². The number of amides is 1. The normalized spacial score (nSPS) is 15.1. The quantitative estimate of drug-likeness (QED) is 0.467. The van der Waals surface area contributed by atoms with Crippen LogP contribution in [0.5, 0.6) is 11.5 Å². The largest absolute Gasteiger partial charge is 0.493 e. The van der Waals surface area contributed by atoms with Gasteiger partial charge in [-0.3, -0.25) is 4.79 Å². The maximum atomic E-state index is 12.3. The Hall–Kier alpha value is -2.74. The molecule has 0 saturated heterocycles. The average Bonchev–Trinajstić information content (AvgIpc) is 2.65. The summed E-state index contributed by atoms with van der Waals surface area (Å²) in [5, 5.41) is 12.3. The van der Waals surface area contributed by atoms with Gasteiger partial charge in [-0.25, -0.2) is 0 Å².